The van der Waals surface area contributed by atoms with Gasteiger partial charge in [-0.25, -0.2) is 4.98 Å². The minimum atomic E-state index is -0.936. The predicted molar refractivity (Wildman–Crippen MR) is 90.1 cm³/mol. The van der Waals surface area contributed by atoms with E-state index in [9.17, 15) is 4.21 Å². The highest BCUT2D eigenvalue weighted by atomic mass is 32.2. The molecule has 1 aliphatic rings. The van der Waals surface area contributed by atoms with E-state index in [0.29, 0.717) is 0 Å². The highest BCUT2D eigenvalue weighted by molar-refractivity contribution is 7.88. The fraction of sp³-hybridized carbons (Fsp3) is 0.188. The largest absolute Gasteiger partial charge is 0.281 e. The monoisotopic (exact) mass is 325 g/mol. The van der Waals surface area contributed by atoms with Crippen LogP contribution in [0.3, 0.4) is 0 Å². The Bertz CT molecular complexity index is 939. The fourth-order valence-corrected chi connectivity index (χ4v) is 3.43. The van der Waals surface area contributed by atoms with Gasteiger partial charge in [0.1, 0.15) is 6.33 Å². The summed E-state index contributed by atoms with van der Waals surface area (Å²) in [6, 6.07) is 6.02. The van der Waals surface area contributed by atoms with E-state index in [4.69, 9.17) is 0 Å². The molecular formula is C16H15N5OS. The third-order valence-electron chi connectivity index (χ3n) is 4.04. The standard InChI is InChI=1S/C16H15N5OS/c1-23(22)12-5-2-10(3-6-12)15-13-8-11(16-17-9-18-21-16)4-7-14(13)19-20-15/h2,4-10H,3H2,1H3,(H,19,20)(H,17,18,21). The Morgan fingerprint density at radius 2 is 2.22 bits per heavy atom. The Labute approximate surface area is 135 Å². The normalized spacial score (nSPS) is 19.0. The zero-order valence-electron chi connectivity index (χ0n) is 12.5. The van der Waals surface area contributed by atoms with Crippen LogP contribution in [-0.2, 0) is 10.8 Å². The first-order valence-electron chi connectivity index (χ1n) is 7.28. The van der Waals surface area contributed by atoms with Gasteiger partial charge in [0.2, 0.25) is 0 Å². The molecule has 2 heterocycles. The molecule has 4 rings (SSSR count). The van der Waals surface area contributed by atoms with Crippen LogP contribution in [0, 0.1) is 0 Å². The van der Waals surface area contributed by atoms with Crippen LogP contribution in [0.5, 0.6) is 0 Å². The van der Waals surface area contributed by atoms with Crippen LogP contribution in [0.1, 0.15) is 18.0 Å². The summed E-state index contributed by atoms with van der Waals surface area (Å²) in [5.74, 6) is 0.944. The third kappa shape index (κ3) is 2.53. The number of hydrogen-bond donors (Lipinski definition) is 2. The summed E-state index contributed by atoms with van der Waals surface area (Å²) in [6.07, 6.45) is 10.1. The maximum atomic E-state index is 11.5. The number of benzene rings is 1. The first-order valence-corrected chi connectivity index (χ1v) is 8.84. The van der Waals surface area contributed by atoms with Gasteiger partial charge in [-0.2, -0.15) is 10.2 Å². The van der Waals surface area contributed by atoms with Gasteiger partial charge in [0, 0.05) is 38.8 Å². The Morgan fingerprint density at radius 1 is 1.30 bits per heavy atom. The smallest absolute Gasteiger partial charge is 0.155 e. The minimum absolute atomic E-state index is 0.206. The predicted octanol–water partition coefficient (Wildman–Crippen LogP) is 2.65. The van der Waals surface area contributed by atoms with Crippen molar-refractivity contribution in [2.24, 2.45) is 0 Å². The van der Waals surface area contributed by atoms with Crippen LogP contribution in [0.15, 0.2) is 47.7 Å². The molecular weight excluding hydrogens is 310 g/mol. The van der Waals surface area contributed by atoms with E-state index in [-0.39, 0.29) is 5.92 Å². The van der Waals surface area contributed by atoms with Crippen LogP contribution in [0.25, 0.3) is 22.3 Å². The molecule has 0 saturated heterocycles. The van der Waals surface area contributed by atoms with Crippen molar-refractivity contribution in [1.82, 2.24) is 25.4 Å². The molecule has 0 aliphatic heterocycles. The third-order valence-corrected chi connectivity index (χ3v) is 5.01. The zero-order chi connectivity index (χ0) is 15.8. The lowest BCUT2D eigenvalue weighted by Crippen LogP contribution is -2.02. The Hall–Kier alpha value is -2.54. The van der Waals surface area contributed by atoms with Gasteiger partial charge in [-0.15, -0.1) is 0 Å². The molecule has 3 aromatic rings. The SMILES string of the molecule is CS(=O)C1=CCC(c2[nH]nc3ccc(-c4ncn[nH]4)cc23)C=C1. The number of nitrogens with zero attached hydrogens (tertiary/aromatic N) is 3. The van der Waals surface area contributed by atoms with Gasteiger partial charge in [0.15, 0.2) is 5.82 Å². The summed E-state index contributed by atoms with van der Waals surface area (Å²) in [4.78, 5) is 5.08. The number of allylic oxidation sites excluding steroid dienone is 3. The van der Waals surface area contributed by atoms with E-state index in [1.165, 1.54) is 6.33 Å². The molecule has 2 atom stereocenters. The average Bonchev–Trinajstić information content (AvgIpc) is 3.24. The maximum absolute atomic E-state index is 11.5. The summed E-state index contributed by atoms with van der Waals surface area (Å²) in [6.45, 7) is 0. The van der Waals surface area contributed by atoms with Crippen molar-refractivity contribution in [2.75, 3.05) is 6.26 Å². The van der Waals surface area contributed by atoms with E-state index in [1.54, 1.807) is 6.26 Å². The number of nitrogens with one attached hydrogen (secondary N) is 2. The summed E-state index contributed by atoms with van der Waals surface area (Å²) < 4.78 is 11.5. The number of H-pyrrole nitrogens is 2. The van der Waals surface area contributed by atoms with E-state index in [1.807, 2.05) is 24.3 Å². The molecule has 0 radical (unpaired) electrons. The Kier molecular flexibility index (Phi) is 3.42. The van der Waals surface area contributed by atoms with E-state index < -0.39 is 10.8 Å². The van der Waals surface area contributed by atoms with Gasteiger partial charge in [0.25, 0.3) is 0 Å². The van der Waals surface area contributed by atoms with Crippen LogP contribution in [-0.4, -0.2) is 35.8 Å². The van der Waals surface area contributed by atoms with Crippen molar-refractivity contribution < 1.29 is 4.21 Å². The lowest BCUT2D eigenvalue weighted by atomic mass is 9.94. The van der Waals surface area contributed by atoms with Crippen LogP contribution in [0.2, 0.25) is 0 Å². The molecule has 0 amide bonds. The highest BCUT2D eigenvalue weighted by Gasteiger charge is 2.18. The lowest BCUT2D eigenvalue weighted by Gasteiger charge is -2.14. The molecule has 0 spiro atoms. The van der Waals surface area contributed by atoms with Crippen LogP contribution < -0.4 is 0 Å². The number of hydrogen-bond acceptors (Lipinski definition) is 4. The molecule has 2 aromatic heterocycles. The molecule has 7 heteroatoms. The molecule has 0 saturated carbocycles. The van der Waals surface area contributed by atoms with Gasteiger partial charge in [0.05, 0.1) is 11.2 Å². The first kappa shape index (κ1) is 14.1. The van der Waals surface area contributed by atoms with Gasteiger partial charge in [-0.1, -0.05) is 12.2 Å². The van der Waals surface area contributed by atoms with Gasteiger partial charge < -0.3 is 0 Å². The summed E-state index contributed by atoms with van der Waals surface area (Å²) in [5.41, 5.74) is 2.96. The van der Waals surface area contributed by atoms with Gasteiger partial charge in [-0.3, -0.25) is 14.4 Å². The highest BCUT2D eigenvalue weighted by Crippen LogP contribution is 2.32. The molecule has 23 heavy (non-hydrogen) atoms. The van der Waals surface area contributed by atoms with Crippen molar-refractivity contribution in [2.45, 2.75) is 12.3 Å². The Balaban J connectivity index is 1.73. The molecule has 0 fully saturated rings. The molecule has 6 nitrogen and oxygen atoms in total. The lowest BCUT2D eigenvalue weighted by molar-refractivity contribution is 0.690. The minimum Gasteiger partial charge on any atom is -0.281 e. The fourth-order valence-electron chi connectivity index (χ4n) is 2.83. The second-order valence-electron chi connectivity index (χ2n) is 5.47. The molecule has 2 unspecified atom stereocenters. The number of fused-ring (bicyclic) bond motifs is 1. The van der Waals surface area contributed by atoms with Crippen molar-refractivity contribution in [3.8, 4) is 11.4 Å². The first-order chi connectivity index (χ1) is 11.2. The van der Waals surface area contributed by atoms with E-state index in [2.05, 4.69) is 37.5 Å². The van der Waals surface area contributed by atoms with Crippen LogP contribution >= 0.6 is 0 Å². The maximum Gasteiger partial charge on any atom is 0.155 e. The quantitative estimate of drug-likeness (QED) is 0.775. The van der Waals surface area contributed by atoms with E-state index >= 15 is 0 Å². The van der Waals surface area contributed by atoms with Crippen molar-refractivity contribution >= 4 is 21.7 Å². The second-order valence-corrected chi connectivity index (χ2v) is 6.84. The number of aromatic nitrogens is 5. The van der Waals surface area contributed by atoms with Crippen LogP contribution in [0.4, 0.5) is 0 Å². The van der Waals surface area contributed by atoms with Crippen molar-refractivity contribution in [3.05, 3.63) is 53.4 Å². The molecule has 2 N–H and O–H groups in total. The molecule has 116 valence electrons. The van der Waals surface area contributed by atoms with E-state index in [0.717, 1.165) is 39.3 Å². The van der Waals surface area contributed by atoms with Gasteiger partial charge in [-0.05, 0) is 30.7 Å². The average molecular weight is 325 g/mol. The summed E-state index contributed by atoms with van der Waals surface area (Å²) in [5, 5.41) is 15.4. The second kappa shape index (κ2) is 5.58. The number of rotatable bonds is 3. The molecule has 1 aliphatic carbocycles. The molecule has 1 aromatic carbocycles. The summed E-state index contributed by atoms with van der Waals surface area (Å²) >= 11 is 0. The number of aromatic amines is 2. The zero-order valence-corrected chi connectivity index (χ0v) is 13.3. The summed E-state index contributed by atoms with van der Waals surface area (Å²) in [7, 11) is -0.936. The molecule has 0 bridgehead atoms. The Morgan fingerprint density at radius 3 is 2.91 bits per heavy atom. The van der Waals surface area contributed by atoms with Crippen molar-refractivity contribution in [1.29, 1.82) is 0 Å². The van der Waals surface area contributed by atoms with Crippen molar-refractivity contribution in [3.63, 3.8) is 0 Å². The van der Waals surface area contributed by atoms with Gasteiger partial charge >= 0.3 is 0 Å². The topological polar surface area (TPSA) is 87.3 Å².